The smallest absolute Gasteiger partial charge is 0.0319 e. The van der Waals surface area contributed by atoms with E-state index < -0.39 is 0 Å². The predicted octanol–water partition coefficient (Wildman–Crippen LogP) is 2.79. The van der Waals surface area contributed by atoms with Crippen molar-refractivity contribution in [3.63, 3.8) is 0 Å². The normalized spacial score (nSPS) is 9.73. The van der Waals surface area contributed by atoms with Gasteiger partial charge in [0.05, 0.1) is 0 Å². The maximum absolute atomic E-state index is 7.00. The molecule has 3 heteroatoms. The Balaban J connectivity index is 0.000000921. The van der Waals surface area contributed by atoms with Gasteiger partial charge in [0, 0.05) is 13.7 Å². The molecule has 1 rings (SSSR count). The molecule has 0 aliphatic rings. The van der Waals surface area contributed by atoms with Crippen molar-refractivity contribution in [1.29, 1.82) is 0 Å². The molecule has 0 saturated carbocycles. The first-order valence-corrected chi connectivity index (χ1v) is 6.26. The highest BCUT2D eigenvalue weighted by molar-refractivity contribution is 7.96. The van der Waals surface area contributed by atoms with E-state index in [1.807, 2.05) is 6.26 Å². The molecule has 0 amide bonds. The topological polar surface area (TPSA) is 32.3 Å². The predicted molar refractivity (Wildman–Crippen MR) is 69.0 cm³/mol. The van der Waals surface area contributed by atoms with Crippen LogP contribution in [0.25, 0.3) is 0 Å². The van der Waals surface area contributed by atoms with E-state index in [2.05, 4.69) is 42.8 Å². The zero-order chi connectivity index (χ0) is 11.7. The van der Waals surface area contributed by atoms with Crippen LogP contribution in [0.1, 0.15) is 30.9 Å². The van der Waals surface area contributed by atoms with Gasteiger partial charge in [0.2, 0.25) is 0 Å². The van der Waals surface area contributed by atoms with Crippen LogP contribution in [0.3, 0.4) is 0 Å². The summed E-state index contributed by atoms with van der Waals surface area (Å²) in [5.41, 5.74) is 2.76. The lowest BCUT2D eigenvalue weighted by molar-refractivity contribution is 0.399. The lowest BCUT2D eigenvalue weighted by atomic mass is 10.0. The second kappa shape index (κ2) is 8.77. The molecule has 0 unspecified atom stereocenters. The van der Waals surface area contributed by atoms with Gasteiger partial charge in [-0.1, -0.05) is 50.1 Å². The van der Waals surface area contributed by atoms with Crippen molar-refractivity contribution in [2.24, 2.45) is 0 Å². The van der Waals surface area contributed by atoms with Gasteiger partial charge in [-0.15, -0.1) is 0 Å². The van der Waals surface area contributed by atoms with Crippen molar-refractivity contribution in [3.8, 4) is 0 Å². The molecule has 2 N–H and O–H groups in total. The number of aliphatic hydroxyl groups is 1. The molecule has 15 heavy (non-hydrogen) atoms. The zero-order valence-corrected chi connectivity index (χ0v) is 10.8. The maximum Gasteiger partial charge on any atom is 0.0319 e. The quantitative estimate of drug-likeness (QED) is 0.776. The van der Waals surface area contributed by atoms with Gasteiger partial charge >= 0.3 is 0 Å². The van der Waals surface area contributed by atoms with E-state index in [0.717, 1.165) is 13.7 Å². The van der Waals surface area contributed by atoms with Crippen molar-refractivity contribution in [1.82, 2.24) is 4.72 Å². The summed E-state index contributed by atoms with van der Waals surface area (Å²) < 4.78 is 3.23. The van der Waals surface area contributed by atoms with Crippen LogP contribution in [0.2, 0.25) is 0 Å². The molecule has 0 bridgehead atoms. The zero-order valence-electron chi connectivity index (χ0n) is 9.95. The third-order valence-corrected chi connectivity index (χ3v) is 2.50. The van der Waals surface area contributed by atoms with Gasteiger partial charge in [-0.3, -0.25) is 4.72 Å². The summed E-state index contributed by atoms with van der Waals surface area (Å²) in [4.78, 5) is 0. The summed E-state index contributed by atoms with van der Waals surface area (Å²) in [7, 11) is 1.00. The summed E-state index contributed by atoms with van der Waals surface area (Å²) in [5, 5.41) is 7.00. The van der Waals surface area contributed by atoms with E-state index in [9.17, 15) is 0 Å². The minimum Gasteiger partial charge on any atom is -0.400 e. The Labute approximate surface area is 97.2 Å². The van der Waals surface area contributed by atoms with Crippen LogP contribution in [0.4, 0.5) is 0 Å². The summed E-state index contributed by atoms with van der Waals surface area (Å²) in [6.07, 6.45) is 2.04. The highest BCUT2D eigenvalue weighted by atomic mass is 32.2. The Hall–Kier alpha value is -0.510. The second-order valence-electron chi connectivity index (χ2n) is 3.42. The van der Waals surface area contributed by atoms with Crippen molar-refractivity contribution in [2.45, 2.75) is 26.3 Å². The SMILES string of the molecule is CO.CSNCc1ccc(C(C)C)cc1. The molecule has 0 atom stereocenters. The molecule has 0 spiro atoms. The average molecular weight is 227 g/mol. The van der Waals surface area contributed by atoms with Crippen molar-refractivity contribution in [2.75, 3.05) is 13.4 Å². The monoisotopic (exact) mass is 227 g/mol. The molecule has 0 radical (unpaired) electrons. The van der Waals surface area contributed by atoms with E-state index in [0.29, 0.717) is 5.92 Å². The Morgan fingerprint density at radius 1 is 1.20 bits per heavy atom. The summed E-state index contributed by atoms with van der Waals surface area (Å²) in [6.45, 7) is 5.38. The van der Waals surface area contributed by atoms with E-state index in [1.54, 1.807) is 11.9 Å². The highest BCUT2D eigenvalue weighted by Gasteiger charge is 1.97. The standard InChI is InChI=1S/C11H17NS.CH4O/c1-9(2)11-6-4-10(5-7-11)8-12-13-3;1-2/h4-7,9,12H,8H2,1-3H3;2H,1H3. The van der Waals surface area contributed by atoms with E-state index in [4.69, 9.17) is 5.11 Å². The van der Waals surface area contributed by atoms with Gasteiger partial charge in [0.1, 0.15) is 0 Å². The van der Waals surface area contributed by atoms with Gasteiger partial charge < -0.3 is 5.11 Å². The third-order valence-electron chi connectivity index (χ3n) is 2.07. The van der Waals surface area contributed by atoms with Crippen molar-refractivity contribution in [3.05, 3.63) is 35.4 Å². The number of rotatable bonds is 4. The maximum atomic E-state index is 7.00. The van der Waals surface area contributed by atoms with Crippen LogP contribution < -0.4 is 4.72 Å². The molecule has 2 nitrogen and oxygen atoms in total. The molecule has 0 fully saturated rings. The van der Waals surface area contributed by atoms with Gasteiger partial charge in [-0.2, -0.15) is 0 Å². The Morgan fingerprint density at radius 3 is 2.13 bits per heavy atom. The largest absolute Gasteiger partial charge is 0.400 e. The van der Waals surface area contributed by atoms with Gasteiger partial charge in [0.15, 0.2) is 0 Å². The van der Waals surface area contributed by atoms with Gasteiger partial charge in [0.25, 0.3) is 0 Å². The number of benzene rings is 1. The lowest BCUT2D eigenvalue weighted by Gasteiger charge is -2.06. The number of aliphatic hydroxyl groups excluding tert-OH is 1. The molecule has 1 aromatic carbocycles. The number of hydrogen-bond donors (Lipinski definition) is 2. The van der Waals surface area contributed by atoms with Gasteiger partial charge in [-0.05, 0) is 23.3 Å². The Morgan fingerprint density at radius 2 is 1.73 bits per heavy atom. The first-order chi connectivity index (χ1) is 7.24. The van der Waals surface area contributed by atoms with Crippen LogP contribution in [0.15, 0.2) is 24.3 Å². The van der Waals surface area contributed by atoms with E-state index in [1.165, 1.54) is 11.1 Å². The van der Waals surface area contributed by atoms with Crippen LogP contribution in [-0.2, 0) is 6.54 Å². The van der Waals surface area contributed by atoms with Crippen LogP contribution >= 0.6 is 11.9 Å². The Bertz CT molecular complexity index is 246. The minimum absolute atomic E-state index is 0.627. The fourth-order valence-corrected chi connectivity index (χ4v) is 1.49. The Kier molecular flexibility index (Phi) is 8.47. The van der Waals surface area contributed by atoms with Crippen molar-refractivity contribution >= 4 is 11.9 Å². The molecule has 0 aliphatic carbocycles. The molecule has 1 aromatic rings. The molecular formula is C12H21NOS. The van der Waals surface area contributed by atoms with Crippen LogP contribution in [0.5, 0.6) is 0 Å². The summed E-state index contributed by atoms with van der Waals surface area (Å²) >= 11 is 1.66. The molecular weight excluding hydrogens is 206 g/mol. The average Bonchev–Trinajstić information content (AvgIpc) is 2.29. The highest BCUT2D eigenvalue weighted by Crippen LogP contribution is 2.14. The van der Waals surface area contributed by atoms with E-state index in [-0.39, 0.29) is 0 Å². The number of nitrogens with one attached hydrogen (secondary N) is 1. The van der Waals surface area contributed by atoms with Crippen molar-refractivity contribution < 1.29 is 5.11 Å². The third kappa shape index (κ3) is 5.82. The molecule has 86 valence electrons. The first-order valence-electron chi connectivity index (χ1n) is 5.03. The lowest BCUT2D eigenvalue weighted by Crippen LogP contribution is -2.01. The summed E-state index contributed by atoms with van der Waals surface area (Å²) in [6, 6.07) is 8.81. The number of hydrogen-bond acceptors (Lipinski definition) is 3. The first kappa shape index (κ1) is 14.5. The summed E-state index contributed by atoms with van der Waals surface area (Å²) in [5.74, 6) is 0.627. The second-order valence-corrected chi connectivity index (χ2v) is 4.12. The fraction of sp³-hybridized carbons (Fsp3) is 0.500. The fourth-order valence-electron chi connectivity index (χ4n) is 1.18. The minimum atomic E-state index is 0.627. The van der Waals surface area contributed by atoms with Crippen LogP contribution in [-0.4, -0.2) is 18.5 Å². The van der Waals surface area contributed by atoms with E-state index >= 15 is 0 Å². The molecule has 0 aliphatic heterocycles. The molecule has 0 saturated heterocycles. The molecule has 0 heterocycles. The van der Waals surface area contributed by atoms with Gasteiger partial charge in [-0.25, -0.2) is 0 Å². The van der Waals surface area contributed by atoms with Crippen LogP contribution in [0, 0.1) is 0 Å². The molecule has 0 aromatic heterocycles.